The normalized spacial score (nSPS) is 10.5. The number of aryl methyl sites for hydroxylation is 1. The molecular weight excluding hydrogens is 444 g/mol. The Labute approximate surface area is 204 Å². The Hall–Kier alpha value is -4.28. The minimum atomic E-state index is 0.144. The lowest BCUT2D eigenvalue weighted by Crippen LogP contribution is -2.02. The first-order valence-corrected chi connectivity index (χ1v) is 11.1. The molecule has 1 heterocycles. The van der Waals surface area contributed by atoms with Crippen molar-refractivity contribution >= 4 is 0 Å². The van der Waals surface area contributed by atoms with Crippen LogP contribution < -0.4 is 14.2 Å². The van der Waals surface area contributed by atoms with Gasteiger partial charge in [0.25, 0.3) is 0 Å². The van der Waals surface area contributed by atoms with Crippen molar-refractivity contribution in [1.29, 1.82) is 5.26 Å². The number of rotatable bonds is 11. The van der Waals surface area contributed by atoms with Crippen molar-refractivity contribution in [2.24, 2.45) is 0 Å². The molecule has 0 N–H and O–H groups in total. The highest BCUT2D eigenvalue weighted by molar-refractivity contribution is 5.53. The van der Waals surface area contributed by atoms with E-state index >= 15 is 0 Å². The van der Waals surface area contributed by atoms with E-state index in [1.54, 1.807) is 25.3 Å². The van der Waals surface area contributed by atoms with E-state index < -0.39 is 0 Å². The van der Waals surface area contributed by atoms with E-state index in [0.29, 0.717) is 30.6 Å². The molecule has 0 aliphatic rings. The predicted molar refractivity (Wildman–Crippen MR) is 130 cm³/mol. The van der Waals surface area contributed by atoms with Gasteiger partial charge in [0, 0.05) is 18.2 Å². The molecule has 0 radical (unpaired) electrons. The van der Waals surface area contributed by atoms with Gasteiger partial charge in [-0.05, 0) is 55.0 Å². The van der Waals surface area contributed by atoms with Gasteiger partial charge in [-0.3, -0.25) is 0 Å². The highest BCUT2D eigenvalue weighted by Gasteiger charge is 2.12. The van der Waals surface area contributed by atoms with Gasteiger partial charge in [-0.2, -0.15) is 5.26 Å². The van der Waals surface area contributed by atoms with Crippen LogP contribution in [0.1, 0.15) is 22.6 Å². The number of ether oxygens (including phenoxy) is 4. The van der Waals surface area contributed by atoms with Crippen molar-refractivity contribution < 1.29 is 23.4 Å². The van der Waals surface area contributed by atoms with Gasteiger partial charge in [0.15, 0.2) is 6.79 Å². The molecule has 1 aromatic heterocycles. The monoisotopic (exact) mass is 470 g/mol. The van der Waals surface area contributed by atoms with Crippen molar-refractivity contribution in [1.82, 2.24) is 4.98 Å². The molecule has 0 saturated carbocycles. The summed E-state index contributed by atoms with van der Waals surface area (Å²) in [6, 6.07) is 25.0. The summed E-state index contributed by atoms with van der Waals surface area (Å²) in [5, 5.41) is 9.14. The van der Waals surface area contributed by atoms with Gasteiger partial charge in [-0.15, -0.1) is 0 Å². The second-order valence-corrected chi connectivity index (χ2v) is 7.76. The molecule has 7 nitrogen and oxygen atoms in total. The van der Waals surface area contributed by atoms with E-state index in [9.17, 15) is 0 Å². The first kappa shape index (κ1) is 23.9. The average Bonchev–Trinajstić information content (AvgIpc) is 3.27. The molecule has 4 rings (SSSR count). The SMILES string of the molecule is COCOc1ccc(OCc2ccc(OCc3nc(-c4ccccc4)oc3C)cc2)c(CC#N)c1. The maximum absolute atomic E-state index is 9.14. The van der Waals surface area contributed by atoms with Crippen LogP contribution in [0, 0.1) is 18.3 Å². The lowest BCUT2D eigenvalue weighted by Gasteiger charge is -2.12. The van der Waals surface area contributed by atoms with Crippen LogP contribution in [0.15, 0.2) is 77.2 Å². The topological polar surface area (TPSA) is 86.7 Å². The highest BCUT2D eigenvalue weighted by Crippen LogP contribution is 2.26. The summed E-state index contributed by atoms with van der Waals surface area (Å²) in [7, 11) is 1.56. The standard InChI is InChI=1S/C28H26N2O5/c1-20-26(30-28(35-20)22-6-4-3-5-7-22)18-32-24-10-8-21(9-11-24)17-33-27-13-12-25(34-19-31-2)16-23(27)14-15-29/h3-13,16H,14,17-19H2,1-2H3. The van der Waals surface area contributed by atoms with Crippen LogP contribution in [-0.4, -0.2) is 18.9 Å². The minimum absolute atomic E-state index is 0.144. The van der Waals surface area contributed by atoms with E-state index in [1.807, 2.05) is 61.5 Å². The Morgan fingerprint density at radius 3 is 2.40 bits per heavy atom. The van der Waals surface area contributed by atoms with Gasteiger partial charge in [0.2, 0.25) is 5.89 Å². The van der Waals surface area contributed by atoms with Crippen molar-refractivity contribution in [3.05, 3.63) is 95.4 Å². The summed E-state index contributed by atoms with van der Waals surface area (Å²) in [6.07, 6.45) is 0.222. The molecule has 0 unspecified atom stereocenters. The maximum atomic E-state index is 9.14. The number of aromatic nitrogens is 1. The number of benzene rings is 3. The van der Waals surface area contributed by atoms with Gasteiger partial charge in [-0.25, -0.2) is 4.98 Å². The van der Waals surface area contributed by atoms with Crippen LogP contribution >= 0.6 is 0 Å². The lowest BCUT2D eigenvalue weighted by atomic mass is 10.1. The molecule has 0 bridgehead atoms. The average molecular weight is 471 g/mol. The lowest BCUT2D eigenvalue weighted by molar-refractivity contribution is 0.0510. The minimum Gasteiger partial charge on any atom is -0.489 e. The molecule has 178 valence electrons. The van der Waals surface area contributed by atoms with E-state index in [0.717, 1.165) is 33.9 Å². The zero-order chi connectivity index (χ0) is 24.5. The number of nitriles is 1. The molecule has 35 heavy (non-hydrogen) atoms. The zero-order valence-corrected chi connectivity index (χ0v) is 19.7. The molecule has 0 amide bonds. The molecule has 0 aliphatic carbocycles. The van der Waals surface area contributed by atoms with E-state index in [1.165, 1.54) is 0 Å². The van der Waals surface area contributed by atoms with Crippen molar-refractivity contribution in [3.63, 3.8) is 0 Å². The molecule has 0 fully saturated rings. The van der Waals surface area contributed by atoms with E-state index in [-0.39, 0.29) is 13.2 Å². The van der Waals surface area contributed by atoms with Gasteiger partial charge >= 0.3 is 0 Å². The van der Waals surface area contributed by atoms with Gasteiger partial charge in [0.05, 0.1) is 12.5 Å². The van der Waals surface area contributed by atoms with Crippen molar-refractivity contribution in [2.45, 2.75) is 26.6 Å². The number of hydrogen-bond acceptors (Lipinski definition) is 7. The Kier molecular flexibility index (Phi) is 8.00. The van der Waals surface area contributed by atoms with Crippen LogP contribution in [0.3, 0.4) is 0 Å². The summed E-state index contributed by atoms with van der Waals surface area (Å²) in [4.78, 5) is 4.57. The summed E-state index contributed by atoms with van der Waals surface area (Å²) in [6.45, 7) is 2.70. The smallest absolute Gasteiger partial charge is 0.226 e. The van der Waals surface area contributed by atoms with E-state index in [4.69, 9.17) is 28.6 Å². The summed E-state index contributed by atoms with van der Waals surface area (Å²) in [5.74, 6) is 3.32. The Bertz CT molecular complexity index is 1280. The molecule has 7 heteroatoms. The second kappa shape index (κ2) is 11.7. The van der Waals surface area contributed by atoms with Crippen LogP contribution in [-0.2, 0) is 24.4 Å². The third-order valence-corrected chi connectivity index (χ3v) is 5.25. The molecule has 0 aliphatic heterocycles. The first-order chi connectivity index (χ1) is 17.2. The molecule has 0 saturated heterocycles. The molecular formula is C28H26N2O5. The fourth-order valence-electron chi connectivity index (χ4n) is 3.40. The fourth-order valence-corrected chi connectivity index (χ4v) is 3.40. The summed E-state index contributed by atoms with van der Waals surface area (Å²) in [5.41, 5.74) is 3.43. The van der Waals surface area contributed by atoms with Crippen LogP contribution in [0.5, 0.6) is 17.2 Å². The number of hydrogen-bond donors (Lipinski definition) is 0. The zero-order valence-electron chi connectivity index (χ0n) is 19.7. The molecule has 0 atom stereocenters. The third kappa shape index (κ3) is 6.40. The van der Waals surface area contributed by atoms with Gasteiger partial charge in [0.1, 0.15) is 41.9 Å². The maximum Gasteiger partial charge on any atom is 0.226 e. The molecule has 4 aromatic rings. The number of nitrogens with zero attached hydrogens (tertiary/aromatic N) is 2. The van der Waals surface area contributed by atoms with Crippen molar-refractivity contribution in [3.8, 4) is 34.8 Å². The Morgan fingerprint density at radius 1 is 0.886 bits per heavy atom. The third-order valence-electron chi connectivity index (χ3n) is 5.25. The molecule has 3 aromatic carbocycles. The van der Waals surface area contributed by atoms with Crippen LogP contribution in [0.2, 0.25) is 0 Å². The van der Waals surface area contributed by atoms with E-state index in [2.05, 4.69) is 11.1 Å². The predicted octanol–water partition coefficient (Wildman–Crippen LogP) is 5.86. The van der Waals surface area contributed by atoms with Gasteiger partial charge < -0.3 is 23.4 Å². The quantitative estimate of drug-likeness (QED) is 0.254. The summed E-state index contributed by atoms with van der Waals surface area (Å²) >= 11 is 0. The fraction of sp³-hybridized carbons (Fsp3) is 0.214. The Morgan fingerprint density at radius 2 is 1.66 bits per heavy atom. The van der Waals surface area contributed by atoms with Crippen molar-refractivity contribution in [2.75, 3.05) is 13.9 Å². The van der Waals surface area contributed by atoms with Gasteiger partial charge in [-0.1, -0.05) is 30.3 Å². The summed E-state index contributed by atoms with van der Waals surface area (Å²) < 4.78 is 28.0. The second-order valence-electron chi connectivity index (χ2n) is 7.76. The van der Waals surface area contributed by atoms with Crippen LogP contribution in [0.25, 0.3) is 11.5 Å². The first-order valence-electron chi connectivity index (χ1n) is 11.1. The molecule has 0 spiro atoms. The Balaban J connectivity index is 1.34. The number of oxazole rings is 1. The highest BCUT2D eigenvalue weighted by atomic mass is 16.7. The van der Waals surface area contributed by atoms with Crippen LogP contribution in [0.4, 0.5) is 0 Å². The number of methoxy groups -OCH3 is 1. The largest absolute Gasteiger partial charge is 0.489 e.